The highest BCUT2D eigenvalue weighted by Crippen LogP contribution is 2.33. The van der Waals surface area contributed by atoms with Gasteiger partial charge in [0, 0.05) is 19.1 Å². The zero-order valence-corrected chi connectivity index (χ0v) is 21.1. The van der Waals surface area contributed by atoms with Crippen molar-refractivity contribution >= 4 is 17.7 Å². The minimum atomic E-state index is -0.405. The van der Waals surface area contributed by atoms with Gasteiger partial charge >= 0.3 is 12.1 Å². The summed E-state index contributed by atoms with van der Waals surface area (Å²) in [6.07, 6.45) is 4.26. The summed E-state index contributed by atoms with van der Waals surface area (Å²) in [7, 11) is 1.40. The lowest BCUT2D eigenvalue weighted by Crippen LogP contribution is -2.39. The summed E-state index contributed by atoms with van der Waals surface area (Å²) >= 11 is 0. The molecule has 0 radical (unpaired) electrons. The maximum absolute atomic E-state index is 12.5. The van der Waals surface area contributed by atoms with Gasteiger partial charge in [-0.2, -0.15) is 0 Å². The Labute approximate surface area is 217 Å². The molecule has 2 aliphatic rings. The molecule has 0 saturated carbocycles. The van der Waals surface area contributed by atoms with Crippen LogP contribution in [0.5, 0.6) is 11.5 Å². The number of alkyl carbamates (subject to hydrolysis) is 1. The van der Waals surface area contributed by atoms with Crippen LogP contribution in [0, 0.1) is 0 Å². The molecule has 7 nitrogen and oxygen atoms in total. The number of methoxy groups -OCH3 is 1. The Hall–Kier alpha value is -4.00. The van der Waals surface area contributed by atoms with Gasteiger partial charge in [-0.15, -0.1) is 0 Å². The molecule has 1 N–H and O–H groups in total. The molecular formula is C30H32N2O5. The van der Waals surface area contributed by atoms with E-state index in [0.717, 1.165) is 55.6 Å². The van der Waals surface area contributed by atoms with Crippen LogP contribution in [0.4, 0.5) is 10.5 Å². The van der Waals surface area contributed by atoms with Crippen molar-refractivity contribution in [1.82, 2.24) is 5.32 Å². The molecule has 3 aromatic rings. The molecule has 0 unspecified atom stereocenters. The first-order chi connectivity index (χ1) is 18.1. The fraction of sp³-hybridized carbons (Fsp3) is 0.333. The number of benzene rings is 3. The summed E-state index contributed by atoms with van der Waals surface area (Å²) in [5, 5.41) is 3.00. The topological polar surface area (TPSA) is 77.1 Å². The van der Waals surface area contributed by atoms with Crippen molar-refractivity contribution in [3.05, 3.63) is 89.0 Å². The van der Waals surface area contributed by atoms with Crippen LogP contribution in [0.3, 0.4) is 0 Å². The van der Waals surface area contributed by atoms with Gasteiger partial charge in [-0.05, 0) is 79.1 Å². The van der Waals surface area contributed by atoms with Crippen LogP contribution in [0.2, 0.25) is 0 Å². The fourth-order valence-electron chi connectivity index (χ4n) is 5.07. The van der Waals surface area contributed by atoms with Crippen molar-refractivity contribution in [2.24, 2.45) is 0 Å². The molecule has 5 rings (SSSR count). The SMILES string of the molecule is COC(=O)c1cc(Oc2ccc3c(c2)C[C@@H](NC(=O)OCc2ccccc2)CC3)ccc1N1CCCC1. The van der Waals surface area contributed by atoms with Crippen molar-refractivity contribution in [2.45, 2.75) is 44.8 Å². The van der Waals surface area contributed by atoms with E-state index in [0.29, 0.717) is 23.5 Å². The number of rotatable bonds is 7. The lowest BCUT2D eigenvalue weighted by atomic mass is 9.88. The summed E-state index contributed by atoms with van der Waals surface area (Å²) in [6.45, 7) is 2.12. The van der Waals surface area contributed by atoms with Crippen molar-refractivity contribution < 1.29 is 23.8 Å². The standard InChI is InChI=1S/C30H32N2O5/c1-35-29(33)27-19-26(13-14-28(27)32-15-5-6-16-32)37-25-12-10-22-9-11-24(17-23(22)18-25)31-30(34)36-20-21-7-3-2-4-8-21/h2-4,7-8,10,12-14,18-19,24H,5-6,9,11,15-17,20H2,1H3,(H,31,34)/t24-/m0/s1. The highest BCUT2D eigenvalue weighted by Gasteiger charge is 2.23. The minimum Gasteiger partial charge on any atom is -0.465 e. The van der Waals surface area contributed by atoms with E-state index >= 15 is 0 Å². The quantitative estimate of drug-likeness (QED) is 0.423. The molecule has 1 atom stereocenters. The zero-order valence-electron chi connectivity index (χ0n) is 21.1. The van der Waals surface area contributed by atoms with E-state index in [2.05, 4.69) is 16.3 Å². The first-order valence-electron chi connectivity index (χ1n) is 12.8. The molecule has 1 fully saturated rings. The van der Waals surface area contributed by atoms with Gasteiger partial charge in [0.1, 0.15) is 18.1 Å². The van der Waals surface area contributed by atoms with Crippen molar-refractivity contribution in [3.8, 4) is 11.5 Å². The smallest absolute Gasteiger partial charge is 0.407 e. The molecule has 1 aliphatic heterocycles. The van der Waals surface area contributed by atoms with Crippen LogP contribution in [0.25, 0.3) is 0 Å². The third-order valence-corrected chi connectivity index (χ3v) is 7.00. The summed E-state index contributed by atoms with van der Waals surface area (Å²) in [5.41, 5.74) is 4.74. The average molecular weight is 501 g/mol. The van der Waals surface area contributed by atoms with E-state index in [4.69, 9.17) is 14.2 Å². The summed E-state index contributed by atoms with van der Waals surface area (Å²) < 4.78 is 16.6. The first kappa shape index (κ1) is 24.7. The zero-order chi connectivity index (χ0) is 25.6. The fourth-order valence-corrected chi connectivity index (χ4v) is 5.07. The van der Waals surface area contributed by atoms with Crippen LogP contribution < -0.4 is 15.0 Å². The lowest BCUT2D eigenvalue weighted by molar-refractivity contribution is 0.0601. The number of aryl methyl sites for hydroxylation is 1. The highest BCUT2D eigenvalue weighted by atomic mass is 16.5. The Morgan fingerprint density at radius 1 is 0.946 bits per heavy atom. The summed E-state index contributed by atoms with van der Waals surface area (Å²) in [6, 6.07) is 21.3. The molecule has 0 bridgehead atoms. The van der Waals surface area contributed by atoms with Crippen LogP contribution in [0.1, 0.15) is 46.3 Å². The maximum Gasteiger partial charge on any atom is 0.407 e. The number of amides is 1. The van der Waals surface area contributed by atoms with E-state index in [1.807, 2.05) is 54.6 Å². The normalized spacial score (nSPS) is 16.6. The molecule has 1 saturated heterocycles. The number of nitrogens with one attached hydrogen (secondary N) is 1. The largest absolute Gasteiger partial charge is 0.465 e. The average Bonchev–Trinajstić information content (AvgIpc) is 3.47. The number of carbonyl (C=O) groups is 2. The number of fused-ring (bicyclic) bond motifs is 1. The van der Waals surface area contributed by atoms with Gasteiger partial charge in [0.2, 0.25) is 0 Å². The van der Waals surface area contributed by atoms with Crippen LogP contribution in [-0.4, -0.2) is 38.3 Å². The van der Waals surface area contributed by atoms with Gasteiger partial charge in [0.15, 0.2) is 0 Å². The first-order valence-corrected chi connectivity index (χ1v) is 12.8. The molecule has 1 aliphatic carbocycles. The second-order valence-electron chi connectivity index (χ2n) is 9.54. The Morgan fingerprint density at radius 2 is 1.70 bits per heavy atom. The number of carbonyl (C=O) groups excluding carboxylic acids is 2. The van der Waals surface area contributed by atoms with Gasteiger partial charge in [0.25, 0.3) is 0 Å². The molecule has 37 heavy (non-hydrogen) atoms. The van der Waals surface area contributed by atoms with E-state index in [-0.39, 0.29) is 18.6 Å². The van der Waals surface area contributed by atoms with Crippen molar-refractivity contribution in [3.63, 3.8) is 0 Å². The number of esters is 1. The van der Waals surface area contributed by atoms with E-state index in [9.17, 15) is 9.59 Å². The third-order valence-electron chi connectivity index (χ3n) is 7.00. The predicted molar refractivity (Wildman–Crippen MR) is 141 cm³/mol. The minimum absolute atomic E-state index is 0.00306. The summed E-state index contributed by atoms with van der Waals surface area (Å²) in [4.78, 5) is 27.0. The Kier molecular flexibility index (Phi) is 7.59. The predicted octanol–water partition coefficient (Wildman–Crippen LogP) is 5.65. The monoisotopic (exact) mass is 500 g/mol. The molecule has 0 spiro atoms. The van der Waals surface area contributed by atoms with Gasteiger partial charge in [-0.3, -0.25) is 0 Å². The second-order valence-corrected chi connectivity index (χ2v) is 9.54. The van der Waals surface area contributed by atoms with Gasteiger partial charge in [-0.25, -0.2) is 9.59 Å². The van der Waals surface area contributed by atoms with Crippen LogP contribution in [0.15, 0.2) is 66.7 Å². The van der Waals surface area contributed by atoms with Gasteiger partial charge in [-0.1, -0.05) is 36.4 Å². The molecule has 3 aromatic carbocycles. The lowest BCUT2D eigenvalue weighted by Gasteiger charge is -2.26. The number of anilines is 1. The second kappa shape index (κ2) is 11.4. The molecule has 1 amide bonds. The third kappa shape index (κ3) is 6.05. The van der Waals surface area contributed by atoms with Crippen LogP contribution >= 0.6 is 0 Å². The van der Waals surface area contributed by atoms with Crippen molar-refractivity contribution in [1.29, 1.82) is 0 Å². The van der Waals surface area contributed by atoms with E-state index in [1.165, 1.54) is 12.7 Å². The number of nitrogens with zero attached hydrogens (tertiary/aromatic N) is 1. The van der Waals surface area contributed by atoms with E-state index in [1.54, 1.807) is 6.07 Å². The number of hydrogen-bond donors (Lipinski definition) is 1. The molecular weight excluding hydrogens is 468 g/mol. The van der Waals surface area contributed by atoms with Crippen LogP contribution in [-0.2, 0) is 28.9 Å². The Bertz CT molecular complexity index is 1250. The number of hydrogen-bond acceptors (Lipinski definition) is 6. The Morgan fingerprint density at radius 3 is 2.49 bits per heavy atom. The van der Waals surface area contributed by atoms with Gasteiger partial charge in [0.05, 0.1) is 18.4 Å². The maximum atomic E-state index is 12.5. The number of ether oxygens (including phenoxy) is 3. The van der Waals surface area contributed by atoms with Gasteiger partial charge < -0.3 is 24.4 Å². The highest BCUT2D eigenvalue weighted by molar-refractivity contribution is 5.96. The molecule has 1 heterocycles. The summed E-state index contributed by atoms with van der Waals surface area (Å²) in [5.74, 6) is 0.903. The van der Waals surface area contributed by atoms with E-state index < -0.39 is 6.09 Å². The van der Waals surface area contributed by atoms with Crippen molar-refractivity contribution in [2.75, 3.05) is 25.1 Å². The molecule has 7 heteroatoms. The molecule has 192 valence electrons. The Balaban J connectivity index is 1.24. The molecule has 0 aromatic heterocycles.